The number of nitrogens with one attached hydrogen (secondary N) is 1. The first kappa shape index (κ1) is 24.4. The number of aliphatic imine (C=N–C) groups is 1. The average Bonchev–Trinajstić information content (AvgIpc) is 3.14. The fourth-order valence-corrected chi connectivity index (χ4v) is 4.51. The maximum Gasteiger partial charge on any atom is 0.264 e. The first-order valence-corrected chi connectivity index (χ1v) is 11.8. The van der Waals surface area contributed by atoms with Crippen LogP contribution in [0.15, 0.2) is 64.5 Å². The standard InChI is InChI=1S/C24H16Cl3FN2O3S/c1-32-19-10-14(9-17(26)22(19)33-12-13-4-2-5-15(28)8-13)11-20-23(31)30-24(34-20)29-18-7-3-6-16(25)21(18)27/h2-11H,12H2,1H3,(H,29,30,31)/b20-11+. The molecule has 0 unspecified atom stereocenters. The van der Waals surface area contributed by atoms with E-state index in [2.05, 4.69) is 10.3 Å². The summed E-state index contributed by atoms with van der Waals surface area (Å²) in [5.74, 6) is 0.0214. The smallest absolute Gasteiger partial charge is 0.264 e. The Bertz CT molecular complexity index is 1330. The van der Waals surface area contributed by atoms with Gasteiger partial charge in [0.15, 0.2) is 16.7 Å². The van der Waals surface area contributed by atoms with E-state index in [1.165, 1.54) is 19.2 Å². The molecule has 4 rings (SSSR count). The van der Waals surface area contributed by atoms with Crippen LogP contribution in [-0.4, -0.2) is 18.2 Å². The van der Waals surface area contributed by atoms with E-state index in [1.54, 1.807) is 48.5 Å². The Morgan fingerprint density at radius 3 is 2.65 bits per heavy atom. The highest BCUT2D eigenvalue weighted by atomic mass is 35.5. The number of amidine groups is 1. The molecule has 3 aromatic rings. The van der Waals surface area contributed by atoms with Crippen LogP contribution in [0.5, 0.6) is 11.5 Å². The molecule has 0 aromatic heterocycles. The molecule has 174 valence electrons. The normalized spacial score (nSPS) is 15.6. The molecule has 0 spiro atoms. The number of rotatable bonds is 6. The van der Waals surface area contributed by atoms with Crippen LogP contribution in [-0.2, 0) is 11.4 Å². The number of hydrogen-bond donors (Lipinski definition) is 1. The van der Waals surface area contributed by atoms with Gasteiger partial charge in [0.25, 0.3) is 5.91 Å². The predicted octanol–water partition coefficient (Wildman–Crippen LogP) is 7.27. The quantitative estimate of drug-likeness (QED) is 0.336. The van der Waals surface area contributed by atoms with Gasteiger partial charge in [-0.3, -0.25) is 4.79 Å². The number of carbonyl (C=O) groups excluding carboxylic acids is 1. The molecule has 0 saturated carbocycles. The van der Waals surface area contributed by atoms with Gasteiger partial charge in [0.1, 0.15) is 12.4 Å². The van der Waals surface area contributed by atoms with Crippen molar-refractivity contribution >= 4 is 69.4 Å². The summed E-state index contributed by atoms with van der Waals surface area (Å²) in [5.41, 5.74) is 1.72. The second-order valence-electron chi connectivity index (χ2n) is 7.01. The summed E-state index contributed by atoms with van der Waals surface area (Å²) in [6.45, 7) is 0.110. The fourth-order valence-electron chi connectivity index (χ4n) is 3.07. The van der Waals surface area contributed by atoms with Crippen molar-refractivity contribution in [1.29, 1.82) is 0 Å². The van der Waals surface area contributed by atoms with Gasteiger partial charge >= 0.3 is 0 Å². The summed E-state index contributed by atoms with van der Waals surface area (Å²) in [6.07, 6.45) is 1.66. The summed E-state index contributed by atoms with van der Waals surface area (Å²) in [7, 11) is 1.48. The molecule has 0 aliphatic carbocycles. The van der Waals surface area contributed by atoms with Crippen LogP contribution >= 0.6 is 46.6 Å². The van der Waals surface area contributed by atoms with Gasteiger partial charge in [-0.05, 0) is 65.4 Å². The molecule has 3 aromatic carbocycles. The van der Waals surface area contributed by atoms with Crippen molar-refractivity contribution in [2.45, 2.75) is 6.61 Å². The largest absolute Gasteiger partial charge is 0.493 e. The number of ether oxygens (including phenoxy) is 2. The lowest BCUT2D eigenvalue weighted by Gasteiger charge is -2.13. The zero-order chi connectivity index (χ0) is 24.2. The van der Waals surface area contributed by atoms with Gasteiger partial charge in [0, 0.05) is 0 Å². The van der Waals surface area contributed by atoms with Crippen molar-refractivity contribution < 1.29 is 18.7 Å². The Balaban J connectivity index is 1.55. The third-order valence-electron chi connectivity index (χ3n) is 4.63. The van der Waals surface area contributed by atoms with Crippen LogP contribution in [0.4, 0.5) is 10.1 Å². The summed E-state index contributed by atoms with van der Waals surface area (Å²) >= 11 is 19.8. The van der Waals surface area contributed by atoms with Crippen molar-refractivity contribution in [2.75, 3.05) is 7.11 Å². The molecule has 1 saturated heterocycles. The molecule has 5 nitrogen and oxygen atoms in total. The number of amides is 1. The molecule has 1 aliphatic heterocycles. The van der Waals surface area contributed by atoms with Crippen LogP contribution in [0.2, 0.25) is 15.1 Å². The average molecular weight is 538 g/mol. The molecule has 0 radical (unpaired) electrons. The van der Waals surface area contributed by atoms with Gasteiger partial charge in [-0.1, -0.05) is 53.0 Å². The van der Waals surface area contributed by atoms with E-state index in [-0.39, 0.29) is 23.4 Å². The molecule has 0 atom stereocenters. The highest BCUT2D eigenvalue weighted by Gasteiger charge is 2.25. The second kappa shape index (κ2) is 10.7. The minimum Gasteiger partial charge on any atom is -0.493 e. The molecule has 1 aliphatic rings. The lowest BCUT2D eigenvalue weighted by Crippen LogP contribution is -2.19. The van der Waals surface area contributed by atoms with Crippen LogP contribution < -0.4 is 14.8 Å². The Labute approximate surface area is 214 Å². The molecular formula is C24H16Cl3FN2O3S. The highest BCUT2D eigenvalue weighted by molar-refractivity contribution is 8.18. The SMILES string of the molecule is COc1cc(/C=C2/SC(=Nc3cccc(Cl)c3Cl)NC2=O)cc(Cl)c1OCc1cccc(F)c1. The monoisotopic (exact) mass is 536 g/mol. The van der Waals surface area contributed by atoms with E-state index < -0.39 is 0 Å². The van der Waals surface area contributed by atoms with Crippen LogP contribution in [0.25, 0.3) is 6.08 Å². The Kier molecular flexibility index (Phi) is 7.68. The maximum absolute atomic E-state index is 13.4. The second-order valence-corrected chi connectivity index (χ2v) is 9.23. The minimum atomic E-state index is -0.353. The zero-order valence-corrected chi connectivity index (χ0v) is 20.7. The van der Waals surface area contributed by atoms with Gasteiger partial charge in [-0.2, -0.15) is 0 Å². The first-order chi connectivity index (χ1) is 16.3. The van der Waals surface area contributed by atoms with Crippen molar-refractivity contribution in [3.05, 3.63) is 91.5 Å². The number of carbonyl (C=O) groups is 1. The lowest BCUT2D eigenvalue weighted by atomic mass is 10.1. The minimum absolute atomic E-state index is 0.110. The van der Waals surface area contributed by atoms with Crippen molar-refractivity contribution in [2.24, 2.45) is 4.99 Å². The van der Waals surface area contributed by atoms with Crippen LogP contribution in [0.3, 0.4) is 0 Å². The number of benzene rings is 3. The number of nitrogens with zero attached hydrogens (tertiary/aromatic N) is 1. The fraction of sp³-hybridized carbons (Fsp3) is 0.0833. The number of methoxy groups -OCH3 is 1. The van der Waals surface area contributed by atoms with Crippen LogP contribution in [0.1, 0.15) is 11.1 Å². The molecule has 1 fully saturated rings. The van der Waals surface area contributed by atoms with Gasteiger partial charge in [0.05, 0.1) is 32.8 Å². The number of thioether (sulfide) groups is 1. The molecular weight excluding hydrogens is 522 g/mol. The Morgan fingerprint density at radius 2 is 1.88 bits per heavy atom. The van der Waals surface area contributed by atoms with E-state index in [4.69, 9.17) is 44.3 Å². The zero-order valence-electron chi connectivity index (χ0n) is 17.6. The predicted molar refractivity (Wildman–Crippen MR) is 136 cm³/mol. The number of halogens is 4. The van der Waals surface area contributed by atoms with E-state index in [1.807, 2.05) is 0 Å². The highest BCUT2D eigenvalue weighted by Crippen LogP contribution is 2.39. The van der Waals surface area contributed by atoms with Crippen molar-refractivity contribution in [3.63, 3.8) is 0 Å². The van der Waals surface area contributed by atoms with E-state index in [9.17, 15) is 9.18 Å². The van der Waals surface area contributed by atoms with E-state index in [0.717, 1.165) is 11.8 Å². The number of hydrogen-bond acceptors (Lipinski definition) is 5. The molecule has 1 N–H and O–H groups in total. The summed E-state index contributed by atoms with van der Waals surface area (Å²) in [6, 6.07) is 14.5. The topological polar surface area (TPSA) is 59.9 Å². The first-order valence-electron chi connectivity index (χ1n) is 9.82. The molecule has 34 heavy (non-hydrogen) atoms. The van der Waals surface area contributed by atoms with E-state index >= 15 is 0 Å². The third kappa shape index (κ3) is 5.67. The summed E-state index contributed by atoms with van der Waals surface area (Å²) in [4.78, 5) is 17.2. The lowest BCUT2D eigenvalue weighted by molar-refractivity contribution is -0.115. The Hall–Kier alpha value is -2.71. The molecule has 1 amide bonds. The van der Waals surface area contributed by atoms with Crippen LogP contribution in [0, 0.1) is 5.82 Å². The van der Waals surface area contributed by atoms with Gasteiger partial charge in [-0.25, -0.2) is 9.38 Å². The third-order valence-corrected chi connectivity index (χ3v) is 6.63. The molecule has 1 heterocycles. The van der Waals surface area contributed by atoms with E-state index in [0.29, 0.717) is 48.4 Å². The van der Waals surface area contributed by atoms with Crippen molar-refractivity contribution in [3.8, 4) is 11.5 Å². The maximum atomic E-state index is 13.4. The summed E-state index contributed by atoms with van der Waals surface area (Å²) in [5, 5.41) is 4.02. The molecule has 10 heteroatoms. The van der Waals surface area contributed by atoms with Gasteiger partial charge < -0.3 is 14.8 Å². The Morgan fingerprint density at radius 1 is 1.09 bits per heavy atom. The molecule has 0 bridgehead atoms. The van der Waals surface area contributed by atoms with Crippen molar-refractivity contribution in [1.82, 2.24) is 5.32 Å². The summed E-state index contributed by atoms with van der Waals surface area (Å²) < 4.78 is 24.6. The van der Waals surface area contributed by atoms with Gasteiger partial charge in [0.2, 0.25) is 0 Å². The van der Waals surface area contributed by atoms with Gasteiger partial charge in [-0.15, -0.1) is 0 Å².